The molecule has 3 aromatic carbocycles. The molecule has 5 nitrogen and oxygen atoms in total. The third-order valence-electron chi connectivity index (χ3n) is 5.72. The van der Waals surface area contributed by atoms with Crippen LogP contribution in [0.1, 0.15) is 36.1 Å². The van der Waals surface area contributed by atoms with Crippen molar-refractivity contribution in [2.24, 2.45) is 0 Å². The van der Waals surface area contributed by atoms with Crippen molar-refractivity contribution < 1.29 is 32.6 Å². The zero-order valence-corrected chi connectivity index (χ0v) is 19.0. The highest BCUT2D eigenvalue weighted by molar-refractivity contribution is 6.51. The molecule has 0 radical (unpaired) electrons. The zero-order valence-electron chi connectivity index (χ0n) is 19.0. The van der Waals surface area contributed by atoms with Gasteiger partial charge in [0.05, 0.1) is 18.2 Å². The second kappa shape index (κ2) is 9.66. The van der Waals surface area contributed by atoms with E-state index in [1.807, 2.05) is 6.92 Å². The van der Waals surface area contributed by atoms with Crippen LogP contribution in [0.3, 0.4) is 0 Å². The maximum atomic E-state index is 14.0. The first-order valence-electron chi connectivity index (χ1n) is 11.0. The molecule has 0 bridgehead atoms. The van der Waals surface area contributed by atoms with Gasteiger partial charge in [0, 0.05) is 17.3 Å². The van der Waals surface area contributed by atoms with E-state index in [0.717, 1.165) is 41.7 Å². The van der Waals surface area contributed by atoms with Crippen LogP contribution in [0.15, 0.2) is 66.2 Å². The smallest absolute Gasteiger partial charge is 0.300 e. The van der Waals surface area contributed by atoms with Crippen molar-refractivity contribution in [1.29, 1.82) is 0 Å². The Labute approximate surface area is 200 Å². The molecule has 1 amide bonds. The molecule has 8 heteroatoms. The molecular weight excluding hydrogens is 459 g/mol. The van der Waals surface area contributed by atoms with E-state index >= 15 is 0 Å². The number of hydrogen-bond donors (Lipinski definition) is 1. The van der Waals surface area contributed by atoms with E-state index in [1.54, 1.807) is 25.1 Å². The van der Waals surface area contributed by atoms with Crippen molar-refractivity contribution in [2.45, 2.75) is 26.3 Å². The lowest BCUT2D eigenvalue weighted by atomic mass is 9.94. The molecule has 180 valence electrons. The number of aliphatic hydroxyl groups excluding tert-OH is 1. The molecule has 35 heavy (non-hydrogen) atoms. The van der Waals surface area contributed by atoms with Crippen LogP contribution in [0.2, 0.25) is 0 Å². The summed E-state index contributed by atoms with van der Waals surface area (Å²) >= 11 is 0. The predicted molar refractivity (Wildman–Crippen MR) is 125 cm³/mol. The molecule has 0 saturated carbocycles. The molecule has 0 aromatic heterocycles. The van der Waals surface area contributed by atoms with Crippen LogP contribution in [-0.2, 0) is 9.59 Å². The number of aliphatic hydroxyl groups is 1. The van der Waals surface area contributed by atoms with Crippen molar-refractivity contribution in [2.75, 3.05) is 11.5 Å². The van der Waals surface area contributed by atoms with Crippen molar-refractivity contribution >= 4 is 23.1 Å². The first kappa shape index (κ1) is 24.1. The number of hydrogen-bond acceptors (Lipinski definition) is 4. The van der Waals surface area contributed by atoms with Crippen molar-refractivity contribution in [3.63, 3.8) is 0 Å². The van der Waals surface area contributed by atoms with Crippen LogP contribution in [0.25, 0.3) is 5.76 Å². The molecular formula is C27H22F3NO4. The number of anilines is 1. The van der Waals surface area contributed by atoms with Gasteiger partial charge >= 0.3 is 0 Å². The zero-order chi connectivity index (χ0) is 25.3. The molecule has 1 unspecified atom stereocenters. The van der Waals surface area contributed by atoms with Gasteiger partial charge in [-0.1, -0.05) is 19.1 Å². The minimum absolute atomic E-state index is 0.0844. The fourth-order valence-electron chi connectivity index (χ4n) is 4.02. The van der Waals surface area contributed by atoms with E-state index in [0.29, 0.717) is 23.5 Å². The second-order valence-corrected chi connectivity index (χ2v) is 8.15. The largest absolute Gasteiger partial charge is 0.507 e. The highest BCUT2D eigenvalue weighted by Crippen LogP contribution is 2.42. The summed E-state index contributed by atoms with van der Waals surface area (Å²) in [5.74, 6) is -4.76. The average Bonchev–Trinajstić information content (AvgIpc) is 3.10. The van der Waals surface area contributed by atoms with Gasteiger partial charge in [-0.25, -0.2) is 13.2 Å². The van der Waals surface area contributed by atoms with Crippen LogP contribution in [0, 0.1) is 24.4 Å². The number of carbonyl (C=O) groups is 2. The van der Waals surface area contributed by atoms with E-state index in [2.05, 4.69) is 0 Å². The van der Waals surface area contributed by atoms with Crippen LogP contribution < -0.4 is 9.64 Å². The Morgan fingerprint density at radius 1 is 0.971 bits per heavy atom. The summed E-state index contributed by atoms with van der Waals surface area (Å²) in [5.41, 5.74) is 0.931. The molecule has 4 rings (SSSR count). The third kappa shape index (κ3) is 4.51. The molecule has 0 spiro atoms. The number of carbonyl (C=O) groups excluding carboxylic acids is 2. The van der Waals surface area contributed by atoms with Crippen LogP contribution >= 0.6 is 0 Å². The molecule has 1 fully saturated rings. The number of amides is 1. The summed E-state index contributed by atoms with van der Waals surface area (Å²) in [5, 5.41) is 11.2. The van der Waals surface area contributed by atoms with Gasteiger partial charge in [-0.15, -0.1) is 0 Å². The van der Waals surface area contributed by atoms with Crippen LogP contribution in [0.4, 0.5) is 18.9 Å². The van der Waals surface area contributed by atoms with E-state index in [-0.39, 0.29) is 16.8 Å². The van der Waals surface area contributed by atoms with Gasteiger partial charge in [0.1, 0.15) is 17.3 Å². The number of ketones is 1. The Kier molecular flexibility index (Phi) is 6.64. The van der Waals surface area contributed by atoms with Crippen molar-refractivity contribution in [3.8, 4) is 5.75 Å². The minimum atomic E-state index is -1.21. The summed E-state index contributed by atoms with van der Waals surface area (Å²) < 4.78 is 46.8. The van der Waals surface area contributed by atoms with Gasteiger partial charge in [0.15, 0.2) is 11.6 Å². The number of benzene rings is 3. The van der Waals surface area contributed by atoms with E-state index < -0.39 is 40.9 Å². The third-order valence-corrected chi connectivity index (χ3v) is 5.72. The molecule has 1 aliphatic heterocycles. The van der Waals surface area contributed by atoms with E-state index in [1.165, 1.54) is 12.1 Å². The first-order chi connectivity index (χ1) is 16.7. The fraction of sp³-hybridized carbons (Fsp3) is 0.185. The highest BCUT2D eigenvalue weighted by Gasteiger charge is 2.47. The molecule has 1 saturated heterocycles. The summed E-state index contributed by atoms with van der Waals surface area (Å²) in [4.78, 5) is 27.2. The van der Waals surface area contributed by atoms with E-state index in [4.69, 9.17) is 4.74 Å². The Bertz CT molecular complexity index is 1330. The number of nitrogens with zero attached hydrogens (tertiary/aromatic N) is 1. The summed E-state index contributed by atoms with van der Waals surface area (Å²) in [6.07, 6.45) is 0.812. The van der Waals surface area contributed by atoms with Crippen molar-refractivity contribution in [3.05, 3.63) is 100 Å². The first-order valence-corrected chi connectivity index (χ1v) is 11.0. The average molecular weight is 481 g/mol. The second-order valence-electron chi connectivity index (χ2n) is 8.15. The fourth-order valence-corrected chi connectivity index (χ4v) is 4.02. The standard InChI is InChI=1S/C27H22F3NO4/c1-3-12-35-22-11-6-17(13-15(22)2)25(32)23-24(16-4-7-18(28)8-5-16)31(27(34)26(23)33)19-9-10-20(29)21(30)14-19/h4-11,13-14,24,32H,3,12H2,1-2H3/b25-23+. The summed E-state index contributed by atoms with van der Waals surface area (Å²) in [6.45, 7) is 4.26. The number of rotatable bonds is 6. The topological polar surface area (TPSA) is 66.8 Å². The van der Waals surface area contributed by atoms with Gasteiger partial charge in [-0.05, 0) is 66.9 Å². The predicted octanol–water partition coefficient (Wildman–Crippen LogP) is 5.83. The van der Waals surface area contributed by atoms with Gasteiger partial charge in [-0.2, -0.15) is 0 Å². The lowest BCUT2D eigenvalue weighted by Crippen LogP contribution is -2.29. The van der Waals surface area contributed by atoms with Gasteiger partial charge in [0.25, 0.3) is 11.7 Å². The van der Waals surface area contributed by atoms with E-state index in [9.17, 15) is 27.9 Å². The molecule has 1 heterocycles. The quantitative estimate of drug-likeness (QED) is 0.273. The Balaban J connectivity index is 1.88. The number of ether oxygens (including phenoxy) is 1. The molecule has 1 aliphatic rings. The number of Topliss-reactive ketones (excluding diaryl/α,β-unsaturated/α-hetero) is 1. The molecule has 1 N–H and O–H groups in total. The number of halogens is 3. The van der Waals surface area contributed by atoms with Gasteiger partial charge in [-0.3, -0.25) is 14.5 Å². The lowest BCUT2D eigenvalue weighted by molar-refractivity contribution is -0.132. The maximum Gasteiger partial charge on any atom is 0.300 e. The summed E-state index contributed by atoms with van der Waals surface area (Å²) in [7, 11) is 0. The molecule has 0 aliphatic carbocycles. The Morgan fingerprint density at radius 2 is 1.69 bits per heavy atom. The lowest BCUT2D eigenvalue weighted by Gasteiger charge is -2.25. The highest BCUT2D eigenvalue weighted by atomic mass is 19.2. The SMILES string of the molecule is CCCOc1ccc(/C(O)=C2\C(=O)C(=O)N(c3ccc(F)c(F)c3)C2c2ccc(F)cc2)cc1C. The Morgan fingerprint density at radius 3 is 2.31 bits per heavy atom. The van der Waals surface area contributed by atoms with Gasteiger partial charge < -0.3 is 9.84 Å². The normalized spacial score (nSPS) is 17.2. The minimum Gasteiger partial charge on any atom is -0.507 e. The number of aryl methyl sites for hydroxylation is 1. The van der Waals surface area contributed by atoms with Crippen LogP contribution in [0.5, 0.6) is 5.75 Å². The van der Waals surface area contributed by atoms with Gasteiger partial charge in [0.2, 0.25) is 0 Å². The Hall–Kier alpha value is -4.07. The van der Waals surface area contributed by atoms with Crippen LogP contribution in [-0.4, -0.2) is 23.4 Å². The molecule has 3 aromatic rings. The summed E-state index contributed by atoms with van der Waals surface area (Å²) in [6, 6.07) is 11.4. The molecule has 1 atom stereocenters. The maximum absolute atomic E-state index is 14.0. The monoisotopic (exact) mass is 481 g/mol. The van der Waals surface area contributed by atoms with Crippen molar-refractivity contribution in [1.82, 2.24) is 0 Å².